The maximum atomic E-state index is 12.1. The average Bonchev–Trinajstić information content (AvgIpc) is 2.45. The molecule has 114 valence electrons. The summed E-state index contributed by atoms with van der Waals surface area (Å²) in [5, 5.41) is 12.0. The zero-order chi connectivity index (χ0) is 15.4. The van der Waals surface area contributed by atoms with Gasteiger partial charge in [-0.3, -0.25) is 4.79 Å². The smallest absolute Gasteiger partial charge is 0.328 e. The van der Waals surface area contributed by atoms with E-state index < -0.39 is 17.9 Å². The minimum Gasteiger partial charge on any atom is -0.492 e. The second-order valence-electron chi connectivity index (χ2n) is 4.82. The quantitative estimate of drug-likeness (QED) is 0.850. The molecule has 7 heteroatoms. The summed E-state index contributed by atoms with van der Waals surface area (Å²) in [6, 6.07) is 4.17. The molecule has 6 nitrogen and oxygen atoms in total. The molecular weight excluding hydrogens is 298 g/mol. The number of benzene rings is 1. The number of amides is 1. The molecule has 0 aromatic heterocycles. The Labute approximate surface area is 127 Å². The van der Waals surface area contributed by atoms with E-state index in [9.17, 15) is 9.59 Å². The zero-order valence-electron chi connectivity index (χ0n) is 11.5. The predicted octanol–water partition coefficient (Wildman–Crippen LogP) is 1.11. The van der Waals surface area contributed by atoms with E-state index in [1.165, 1.54) is 7.11 Å². The Kier molecular flexibility index (Phi) is 5.03. The molecule has 0 saturated carbocycles. The zero-order valence-corrected chi connectivity index (χ0v) is 12.2. The molecule has 0 fully saturated rings. The molecule has 0 bridgehead atoms. The minimum absolute atomic E-state index is 0.0862. The van der Waals surface area contributed by atoms with Crippen LogP contribution in [-0.4, -0.2) is 43.3 Å². The number of carboxylic acids is 1. The van der Waals surface area contributed by atoms with Gasteiger partial charge in [-0.15, -0.1) is 0 Å². The van der Waals surface area contributed by atoms with Gasteiger partial charge in [-0.2, -0.15) is 0 Å². The second kappa shape index (κ2) is 6.78. The van der Waals surface area contributed by atoms with Gasteiger partial charge in [-0.05, 0) is 30.2 Å². The number of methoxy groups -OCH3 is 1. The van der Waals surface area contributed by atoms with Crippen LogP contribution in [0.15, 0.2) is 18.2 Å². The van der Waals surface area contributed by atoms with Gasteiger partial charge < -0.3 is 19.9 Å². The molecule has 1 aromatic carbocycles. The summed E-state index contributed by atoms with van der Waals surface area (Å²) < 4.78 is 10.3. The Hall–Kier alpha value is -1.79. The fraction of sp³-hybridized carbons (Fsp3) is 0.429. The summed E-state index contributed by atoms with van der Waals surface area (Å²) >= 11 is 5.92. The summed E-state index contributed by atoms with van der Waals surface area (Å²) in [4.78, 5) is 23.1. The maximum Gasteiger partial charge on any atom is 0.328 e. The first-order valence-electron chi connectivity index (χ1n) is 6.44. The Morgan fingerprint density at radius 3 is 3.00 bits per heavy atom. The third kappa shape index (κ3) is 3.86. The number of ether oxygens (including phenoxy) is 2. The number of carbonyl (C=O) groups excluding carboxylic acids is 1. The van der Waals surface area contributed by atoms with E-state index in [4.69, 9.17) is 26.2 Å². The van der Waals surface area contributed by atoms with Gasteiger partial charge in [0.25, 0.3) is 0 Å². The predicted molar refractivity (Wildman–Crippen MR) is 75.6 cm³/mol. The SMILES string of the molecule is COCC(NC(=O)C1COc2ccc(Cl)cc2C1)C(=O)O. The standard InChI is InChI=1S/C14H16ClNO5/c1-20-7-11(14(18)19)16-13(17)9-4-8-5-10(15)2-3-12(8)21-6-9/h2-3,5,9,11H,4,6-7H2,1H3,(H,16,17)(H,18,19). The largest absolute Gasteiger partial charge is 0.492 e. The summed E-state index contributed by atoms with van der Waals surface area (Å²) in [5.41, 5.74) is 0.840. The van der Waals surface area contributed by atoms with Gasteiger partial charge in [0, 0.05) is 12.1 Å². The fourth-order valence-corrected chi connectivity index (χ4v) is 2.36. The van der Waals surface area contributed by atoms with Crippen LogP contribution in [0.3, 0.4) is 0 Å². The molecule has 2 unspecified atom stereocenters. The molecule has 1 aliphatic rings. The van der Waals surface area contributed by atoms with Gasteiger partial charge >= 0.3 is 5.97 Å². The van der Waals surface area contributed by atoms with E-state index in [-0.39, 0.29) is 19.1 Å². The van der Waals surface area contributed by atoms with Crippen molar-refractivity contribution in [3.8, 4) is 5.75 Å². The molecular formula is C14H16ClNO5. The minimum atomic E-state index is -1.13. The molecule has 0 spiro atoms. The van der Waals surface area contributed by atoms with Crippen LogP contribution in [0.25, 0.3) is 0 Å². The number of carboxylic acid groups (broad SMARTS) is 1. The lowest BCUT2D eigenvalue weighted by Gasteiger charge is -2.26. The van der Waals surface area contributed by atoms with Gasteiger partial charge in [0.1, 0.15) is 12.4 Å². The number of fused-ring (bicyclic) bond motifs is 1. The van der Waals surface area contributed by atoms with Gasteiger partial charge in [0.05, 0.1) is 12.5 Å². The number of aliphatic carboxylic acids is 1. The number of halogens is 1. The van der Waals surface area contributed by atoms with Gasteiger partial charge in [-0.1, -0.05) is 11.6 Å². The van der Waals surface area contributed by atoms with Crippen LogP contribution >= 0.6 is 11.6 Å². The highest BCUT2D eigenvalue weighted by Crippen LogP contribution is 2.29. The normalized spacial score (nSPS) is 18.3. The summed E-state index contributed by atoms with van der Waals surface area (Å²) in [6.07, 6.45) is 0.459. The van der Waals surface area contributed by atoms with Crippen LogP contribution in [0.5, 0.6) is 5.75 Å². The van der Waals surface area contributed by atoms with Crippen molar-refractivity contribution >= 4 is 23.5 Å². The molecule has 1 heterocycles. The van der Waals surface area contributed by atoms with Gasteiger partial charge in [0.2, 0.25) is 5.91 Å². The lowest BCUT2D eigenvalue weighted by atomic mass is 9.96. The van der Waals surface area contributed by atoms with Crippen LogP contribution in [-0.2, 0) is 20.7 Å². The lowest BCUT2D eigenvalue weighted by Crippen LogP contribution is -2.48. The Morgan fingerprint density at radius 2 is 2.33 bits per heavy atom. The second-order valence-corrected chi connectivity index (χ2v) is 5.26. The van der Waals surface area contributed by atoms with Crippen molar-refractivity contribution in [3.63, 3.8) is 0 Å². The number of carbonyl (C=O) groups is 2. The molecule has 2 N–H and O–H groups in total. The van der Waals surface area contributed by atoms with Crippen molar-refractivity contribution in [1.29, 1.82) is 0 Å². The van der Waals surface area contributed by atoms with Crippen molar-refractivity contribution in [2.45, 2.75) is 12.5 Å². The molecule has 1 amide bonds. The highest BCUT2D eigenvalue weighted by molar-refractivity contribution is 6.30. The van der Waals surface area contributed by atoms with Crippen LogP contribution in [0, 0.1) is 5.92 Å². The van der Waals surface area contributed by atoms with E-state index in [1.807, 2.05) is 0 Å². The van der Waals surface area contributed by atoms with E-state index in [2.05, 4.69) is 5.32 Å². The molecule has 2 atom stereocenters. The van der Waals surface area contributed by atoms with Crippen LogP contribution in [0.2, 0.25) is 5.02 Å². The van der Waals surface area contributed by atoms with Crippen LogP contribution < -0.4 is 10.1 Å². The van der Waals surface area contributed by atoms with Gasteiger partial charge in [-0.25, -0.2) is 4.79 Å². The van der Waals surface area contributed by atoms with Crippen molar-refractivity contribution in [3.05, 3.63) is 28.8 Å². The summed E-state index contributed by atoms with van der Waals surface area (Å²) in [5.74, 6) is -1.25. The molecule has 0 saturated heterocycles. The molecule has 2 rings (SSSR count). The molecule has 0 aliphatic carbocycles. The van der Waals surface area contributed by atoms with E-state index in [0.29, 0.717) is 17.2 Å². The monoisotopic (exact) mass is 313 g/mol. The number of rotatable bonds is 5. The summed E-state index contributed by atoms with van der Waals surface area (Å²) in [6.45, 7) is 0.122. The Morgan fingerprint density at radius 1 is 1.57 bits per heavy atom. The molecule has 1 aromatic rings. The average molecular weight is 314 g/mol. The first-order valence-corrected chi connectivity index (χ1v) is 6.82. The van der Waals surface area contributed by atoms with E-state index in [0.717, 1.165) is 5.56 Å². The van der Waals surface area contributed by atoms with Crippen molar-refractivity contribution in [1.82, 2.24) is 5.32 Å². The third-order valence-electron chi connectivity index (χ3n) is 3.25. The maximum absolute atomic E-state index is 12.1. The fourth-order valence-electron chi connectivity index (χ4n) is 2.16. The molecule has 1 aliphatic heterocycles. The van der Waals surface area contributed by atoms with E-state index in [1.54, 1.807) is 18.2 Å². The first kappa shape index (κ1) is 15.6. The topological polar surface area (TPSA) is 84.9 Å². The number of hydrogen-bond donors (Lipinski definition) is 2. The Balaban J connectivity index is 2.03. The lowest BCUT2D eigenvalue weighted by molar-refractivity contribution is -0.144. The molecule has 21 heavy (non-hydrogen) atoms. The van der Waals surface area contributed by atoms with E-state index >= 15 is 0 Å². The number of nitrogens with one attached hydrogen (secondary N) is 1. The summed E-state index contributed by atoms with van der Waals surface area (Å²) in [7, 11) is 1.38. The van der Waals surface area contributed by atoms with Crippen LogP contribution in [0.4, 0.5) is 0 Å². The van der Waals surface area contributed by atoms with Crippen LogP contribution in [0.1, 0.15) is 5.56 Å². The third-order valence-corrected chi connectivity index (χ3v) is 3.48. The number of hydrogen-bond acceptors (Lipinski definition) is 4. The van der Waals surface area contributed by atoms with Gasteiger partial charge in [0.15, 0.2) is 6.04 Å². The highest BCUT2D eigenvalue weighted by Gasteiger charge is 2.29. The molecule has 0 radical (unpaired) electrons. The van der Waals surface area contributed by atoms with Crippen molar-refractivity contribution in [2.24, 2.45) is 5.92 Å². The first-order chi connectivity index (χ1) is 10.0. The Bertz CT molecular complexity index is 548. The van der Waals surface area contributed by atoms with Crippen molar-refractivity contribution < 1.29 is 24.2 Å². The highest BCUT2D eigenvalue weighted by atomic mass is 35.5. The van der Waals surface area contributed by atoms with Crippen molar-refractivity contribution in [2.75, 3.05) is 20.3 Å².